The Morgan fingerprint density at radius 2 is 0.831 bits per heavy atom. The van der Waals surface area contributed by atoms with Crippen molar-refractivity contribution in [2.45, 2.75) is 289 Å². The summed E-state index contributed by atoms with van der Waals surface area (Å²) in [5.74, 6) is -0.183. The molecule has 0 fully saturated rings. The Morgan fingerprint density at radius 3 is 1.18 bits per heavy atom. The SMILES string of the molecule is CCCCCCC/C=C\CCCCCCCC(=O)NC(COP(=O)(O)OCC[N+](C)(C)C)C(O)/C=C/CCCCCCCCCCCCCCCCCCCCCCCCCCCCC. The second-order valence-electron chi connectivity index (χ2n) is 20.7. The van der Waals surface area contributed by atoms with Crippen molar-refractivity contribution < 1.29 is 32.9 Å². The fourth-order valence-electron chi connectivity index (χ4n) is 8.45. The number of unbranched alkanes of at least 4 members (excludes halogenated alkanes) is 37. The van der Waals surface area contributed by atoms with Gasteiger partial charge >= 0.3 is 7.82 Å². The quantitative estimate of drug-likeness (QED) is 0.0243. The number of hydrogen-bond donors (Lipinski definition) is 3. The number of amides is 1. The molecule has 0 aromatic rings. The molecule has 8 nitrogen and oxygen atoms in total. The minimum Gasteiger partial charge on any atom is -0.387 e. The average molecular weight is 940 g/mol. The van der Waals surface area contributed by atoms with Gasteiger partial charge in [-0.15, -0.1) is 0 Å². The number of aliphatic hydroxyl groups is 1. The van der Waals surface area contributed by atoms with Crippen LogP contribution in [-0.2, 0) is 18.4 Å². The van der Waals surface area contributed by atoms with Gasteiger partial charge in [0, 0.05) is 6.42 Å². The van der Waals surface area contributed by atoms with Gasteiger partial charge in [-0.3, -0.25) is 13.8 Å². The zero-order valence-corrected chi connectivity index (χ0v) is 44.9. The van der Waals surface area contributed by atoms with Gasteiger partial charge in [0.2, 0.25) is 5.91 Å². The van der Waals surface area contributed by atoms with Crippen LogP contribution in [0.2, 0.25) is 0 Å². The number of hydrogen-bond acceptors (Lipinski definition) is 5. The van der Waals surface area contributed by atoms with Gasteiger partial charge in [0.25, 0.3) is 0 Å². The van der Waals surface area contributed by atoms with Crippen molar-refractivity contribution in [1.29, 1.82) is 0 Å². The lowest BCUT2D eigenvalue weighted by atomic mass is 10.0. The Labute approximate surface area is 404 Å². The summed E-state index contributed by atoms with van der Waals surface area (Å²) in [5.41, 5.74) is 0. The summed E-state index contributed by atoms with van der Waals surface area (Å²) >= 11 is 0. The Balaban J connectivity index is 4.12. The molecule has 3 N–H and O–H groups in total. The van der Waals surface area contributed by atoms with Gasteiger partial charge in [0.15, 0.2) is 0 Å². The van der Waals surface area contributed by atoms with Gasteiger partial charge in [-0.1, -0.05) is 250 Å². The van der Waals surface area contributed by atoms with Crippen LogP contribution in [-0.4, -0.2) is 73.4 Å². The van der Waals surface area contributed by atoms with Crippen LogP contribution in [0.5, 0.6) is 0 Å². The molecule has 0 saturated carbocycles. The number of allylic oxidation sites excluding steroid dienone is 3. The van der Waals surface area contributed by atoms with Gasteiger partial charge in [-0.25, -0.2) is 4.57 Å². The predicted molar refractivity (Wildman–Crippen MR) is 281 cm³/mol. The minimum absolute atomic E-state index is 0.0613. The number of nitrogens with one attached hydrogen (secondary N) is 1. The number of quaternary nitrogens is 1. The lowest BCUT2D eigenvalue weighted by Crippen LogP contribution is -2.45. The number of nitrogens with zero attached hydrogens (tertiary/aromatic N) is 1. The summed E-state index contributed by atoms with van der Waals surface area (Å²) in [6, 6.07) is -0.849. The third kappa shape index (κ3) is 50.7. The van der Waals surface area contributed by atoms with E-state index < -0.39 is 20.0 Å². The molecule has 0 heterocycles. The largest absolute Gasteiger partial charge is 0.472 e. The first-order chi connectivity index (χ1) is 31.5. The maximum atomic E-state index is 12.9. The summed E-state index contributed by atoms with van der Waals surface area (Å²) in [6.45, 7) is 4.83. The van der Waals surface area contributed by atoms with E-state index in [2.05, 4.69) is 31.3 Å². The van der Waals surface area contributed by atoms with E-state index >= 15 is 0 Å². The summed E-state index contributed by atoms with van der Waals surface area (Å²) in [5, 5.41) is 13.9. The third-order valence-corrected chi connectivity index (χ3v) is 13.9. The number of carbonyl (C=O) groups is 1. The van der Waals surface area contributed by atoms with Crippen molar-refractivity contribution >= 4 is 13.7 Å². The van der Waals surface area contributed by atoms with Crippen molar-refractivity contribution in [2.75, 3.05) is 40.9 Å². The summed E-state index contributed by atoms with van der Waals surface area (Å²) in [7, 11) is 1.58. The van der Waals surface area contributed by atoms with Crippen molar-refractivity contribution in [3.05, 3.63) is 24.3 Å². The number of carbonyl (C=O) groups excluding carboxylic acids is 1. The minimum atomic E-state index is -4.34. The molecule has 65 heavy (non-hydrogen) atoms. The van der Waals surface area contributed by atoms with Crippen molar-refractivity contribution in [3.8, 4) is 0 Å². The van der Waals surface area contributed by atoms with Gasteiger partial charge in [0.05, 0.1) is 39.9 Å². The topological polar surface area (TPSA) is 105 Å². The van der Waals surface area contributed by atoms with Gasteiger partial charge in [-0.05, 0) is 44.9 Å². The van der Waals surface area contributed by atoms with Crippen LogP contribution in [0.15, 0.2) is 24.3 Å². The van der Waals surface area contributed by atoms with E-state index in [9.17, 15) is 19.4 Å². The Hall–Kier alpha value is -1.02. The molecule has 0 spiro atoms. The Bertz CT molecular complexity index is 1110. The maximum absolute atomic E-state index is 12.9. The van der Waals surface area contributed by atoms with E-state index in [1.807, 2.05) is 27.2 Å². The van der Waals surface area contributed by atoms with Gasteiger partial charge in [0.1, 0.15) is 13.2 Å². The lowest BCUT2D eigenvalue weighted by molar-refractivity contribution is -0.870. The van der Waals surface area contributed by atoms with E-state index in [-0.39, 0.29) is 19.1 Å². The van der Waals surface area contributed by atoms with Crippen LogP contribution in [0, 0.1) is 0 Å². The number of aliphatic hydroxyl groups excluding tert-OH is 1. The number of phosphoric ester groups is 1. The van der Waals surface area contributed by atoms with Gasteiger partial charge in [-0.2, -0.15) is 0 Å². The monoisotopic (exact) mass is 940 g/mol. The van der Waals surface area contributed by atoms with Crippen LogP contribution in [0.4, 0.5) is 0 Å². The third-order valence-electron chi connectivity index (χ3n) is 12.9. The molecule has 0 aliphatic carbocycles. The molecule has 3 atom stereocenters. The molecular weight excluding hydrogens is 828 g/mol. The summed E-state index contributed by atoms with van der Waals surface area (Å²) in [4.78, 5) is 23.2. The normalized spacial score (nSPS) is 14.1. The first-order valence-corrected chi connectivity index (χ1v) is 29.7. The fourth-order valence-corrected chi connectivity index (χ4v) is 9.19. The second-order valence-corrected chi connectivity index (χ2v) is 22.1. The van der Waals surface area contributed by atoms with E-state index in [1.165, 1.54) is 205 Å². The summed E-state index contributed by atoms with van der Waals surface area (Å²) in [6.07, 6.45) is 60.0. The molecule has 3 unspecified atom stereocenters. The molecule has 0 aromatic carbocycles. The number of rotatable bonds is 52. The highest BCUT2D eigenvalue weighted by molar-refractivity contribution is 7.47. The number of phosphoric acid groups is 1. The first kappa shape index (κ1) is 64.0. The smallest absolute Gasteiger partial charge is 0.387 e. The Kier molecular flexibility index (Phi) is 47.3. The van der Waals surface area contributed by atoms with Crippen LogP contribution in [0.25, 0.3) is 0 Å². The molecule has 0 bridgehead atoms. The Morgan fingerprint density at radius 1 is 0.508 bits per heavy atom. The molecule has 0 radical (unpaired) electrons. The molecule has 386 valence electrons. The van der Waals surface area contributed by atoms with E-state index in [0.717, 1.165) is 51.4 Å². The molecular formula is C56H112N2O6P+. The molecule has 0 aromatic heterocycles. The fraction of sp³-hybridized carbons (Fsp3) is 0.911. The molecule has 0 aliphatic heterocycles. The second kappa shape index (κ2) is 48.0. The van der Waals surface area contributed by atoms with Crippen molar-refractivity contribution in [3.63, 3.8) is 0 Å². The maximum Gasteiger partial charge on any atom is 0.472 e. The van der Waals surface area contributed by atoms with Gasteiger partial charge < -0.3 is 19.8 Å². The molecule has 0 aliphatic rings. The van der Waals surface area contributed by atoms with Crippen molar-refractivity contribution in [1.82, 2.24) is 5.32 Å². The van der Waals surface area contributed by atoms with E-state index in [0.29, 0.717) is 17.4 Å². The molecule has 1 amide bonds. The van der Waals surface area contributed by atoms with Crippen LogP contribution < -0.4 is 5.32 Å². The lowest BCUT2D eigenvalue weighted by Gasteiger charge is -2.25. The highest BCUT2D eigenvalue weighted by Crippen LogP contribution is 2.43. The van der Waals surface area contributed by atoms with Crippen LogP contribution >= 0.6 is 7.82 Å². The molecule has 0 rings (SSSR count). The zero-order valence-electron chi connectivity index (χ0n) is 44.0. The molecule has 9 heteroatoms. The average Bonchev–Trinajstić information content (AvgIpc) is 3.26. The summed E-state index contributed by atoms with van der Waals surface area (Å²) < 4.78 is 23.7. The van der Waals surface area contributed by atoms with Crippen molar-refractivity contribution in [2.24, 2.45) is 0 Å². The zero-order chi connectivity index (χ0) is 47.8. The predicted octanol–water partition coefficient (Wildman–Crippen LogP) is 16.8. The van der Waals surface area contributed by atoms with E-state index in [1.54, 1.807) is 6.08 Å². The highest BCUT2D eigenvalue weighted by Gasteiger charge is 2.27. The standard InChI is InChI=1S/C56H111N2O6P/c1-6-8-10-12-14-16-18-20-22-23-24-25-26-27-28-29-30-31-32-33-34-35-36-37-39-41-43-45-47-49-55(59)54(53-64-65(61,62)63-52-51-58(3,4)5)57-56(60)50-48-46-44-42-40-38-21-19-17-15-13-11-9-7-2/h19,21,47,49,54-55,59H,6-18,20,22-46,48,50-53H2,1-5H3,(H-,57,60,61,62)/p+1/b21-19-,49-47+. The number of likely N-dealkylation sites (N-methyl/N-ethyl adjacent to an activating group) is 1. The van der Waals surface area contributed by atoms with E-state index in [4.69, 9.17) is 9.05 Å². The first-order valence-electron chi connectivity index (χ1n) is 28.2. The van der Waals surface area contributed by atoms with Crippen LogP contribution in [0.1, 0.15) is 277 Å². The molecule has 0 saturated heterocycles. The highest BCUT2D eigenvalue weighted by atomic mass is 31.2. The van der Waals surface area contributed by atoms with Crippen LogP contribution in [0.3, 0.4) is 0 Å².